The van der Waals surface area contributed by atoms with E-state index >= 15 is 0 Å². The van der Waals surface area contributed by atoms with E-state index in [0.717, 1.165) is 11.3 Å². The molecule has 0 saturated carbocycles. The van der Waals surface area contributed by atoms with Crippen molar-refractivity contribution in [2.45, 2.75) is 33.3 Å². The van der Waals surface area contributed by atoms with Gasteiger partial charge >= 0.3 is 12.1 Å². The second-order valence-corrected chi connectivity index (χ2v) is 6.83. The normalized spacial score (nSPS) is 10.9. The van der Waals surface area contributed by atoms with Crippen LogP contribution in [0.1, 0.15) is 38.1 Å². The first-order valence-corrected chi connectivity index (χ1v) is 8.65. The van der Waals surface area contributed by atoms with Crippen molar-refractivity contribution in [1.82, 2.24) is 10.4 Å². The highest BCUT2D eigenvalue weighted by Crippen LogP contribution is 2.23. The third kappa shape index (κ3) is 5.70. The lowest BCUT2D eigenvalue weighted by Crippen LogP contribution is -2.44. The number of carbonyl (C=O) groups is 2. The Morgan fingerprint density at radius 3 is 2.48 bits per heavy atom. The number of benzene rings is 1. The first-order chi connectivity index (χ1) is 12.7. The quantitative estimate of drug-likeness (QED) is 0.636. The number of methoxy groups -OCH3 is 1. The lowest BCUT2D eigenvalue weighted by atomic mass is 10.1. The molecule has 0 saturated heterocycles. The summed E-state index contributed by atoms with van der Waals surface area (Å²) < 4.78 is 9.99. The zero-order chi connectivity index (χ0) is 20.0. The Bertz CT molecular complexity index is 798. The number of anilines is 1. The number of esters is 1. The standard InChI is InChI=1S/C20H25N3O4/c1-6-23(22-19(25)27-20(2,3)4)16-9-7-8-14(12-16)17-11-10-15(13-21-17)18(24)26-5/h7-13H,6H2,1-5H3,(H,22,25). The third-order valence-corrected chi connectivity index (χ3v) is 3.58. The van der Waals surface area contributed by atoms with Crippen molar-refractivity contribution in [3.8, 4) is 11.3 Å². The van der Waals surface area contributed by atoms with Crippen LogP contribution in [-0.4, -0.2) is 36.3 Å². The fourth-order valence-electron chi connectivity index (χ4n) is 2.37. The van der Waals surface area contributed by atoms with E-state index in [1.807, 2.05) is 52.0 Å². The highest BCUT2D eigenvalue weighted by molar-refractivity contribution is 5.89. The molecule has 0 fully saturated rings. The number of hydrogen-bond acceptors (Lipinski definition) is 6. The summed E-state index contributed by atoms with van der Waals surface area (Å²) >= 11 is 0. The molecule has 0 radical (unpaired) electrons. The van der Waals surface area contributed by atoms with Gasteiger partial charge in [-0.3, -0.25) is 9.99 Å². The summed E-state index contributed by atoms with van der Waals surface area (Å²) in [5.74, 6) is -0.429. The summed E-state index contributed by atoms with van der Waals surface area (Å²) in [7, 11) is 1.33. The molecular formula is C20H25N3O4. The molecule has 0 spiro atoms. The molecule has 1 heterocycles. The van der Waals surface area contributed by atoms with Gasteiger partial charge < -0.3 is 9.47 Å². The molecule has 0 unspecified atom stereocenters. The maximum Gasteiger partial charge on any atom is 0.426 e. The van der Waals surface area contributed by atoms with Crippen LogP contribution in [-0.2, 0) is 9.47 Å². The summed E-state index contributed by atoms with van der Waals surface area (Å²) in [5, 5.41) is 1.69. The summed E-state index contributed by atoms with van der Waals surface area (Å²) in [6.07, 6.45) is 0.958. The summed E-state index contributed by atoms with van der Waals surface area (Å²) in [5.41, 5.74) is 4.91. The molecule has 1 aromatic heterocycles. The van der Waals surface area contributed by atoms with E-state index in [9.17, 15) is 9.59 Å². The van der Waals surface area contributed by atoms with Crippen molar-refractivity contribution >= 4 is 17.7 Å². The van der Waals surface area contributed by atoms with Crippen LogP contribution in [0.3, 0.4) is 0 Å². The van der Waals surface area contributed by atoms with Gasteiger partial charge in [-0.05, 0) is 52.0 Å². The van der Waals surface area contributed by atoms with Gasteiger partial charge in [0.25, 0.3) is 0 Å². The fraction of sp³-hybridized carbons (Fsp3) is 0.350. The smallest absolute Gasteiger partial charge is 0.426 e. The van der Waals surface area contributed by atoms with E-state index < -0.39 is 17.7 Å². The van der Waals surface area contributed by atoms with Crippen molar-refractivity contribution in [3.63, 3.8) is 0 Å². The van der Waals surface area contributed by atoms with Crippen LogP contribution in [0.2, 0.25) is 0 Å². The van der Waals surface area contributed by atoms with Gasteiger partial charge in [0.2, 0.25) is 0 Å². The topological polar surface area (TPSA) is 80.8 Å². The van der Waals surface area contributed by atoms with Crippen LogP contribution in [0.4, 0.5) is 10.5 Å². The number of nitrogens with one attached hydrogen (secondary N) is 1. The molecule has 0 atom stereocenters. The predicted octanol–water partition coefficient (Wildman–Crippen LogP) is 3.80. The van der Waals surface area contributed by atoms with Crippen LogP contribution in [0.25, 0.3) is 11.3 Å². The Labute approximate surface area is 159 Å². The average Bonchev–Trinajstić information content (AvgIpc) is 2.64. The molecule has 144 valence electrons. The molecule has 7 heteroatoms. The molecule has 27 heavy (non-hydrogen) atoms. The van der Waals surface area contributed by atoms with E-state index in [4.69, 9.17) is 4.74 Å². The zero-order valence-corrected chi connectivity index (χ0v) is 16.3. The molecular weight excluding hydrogens is 346 g/mol. The van der Waals surface area contributed by atoms with Crippen LogP contribution >= 0.6 is 0 Å². The number of aromatic nitrogens is 1. The zero-order valence-electron chi connectivity index (χ0n) is 16.3. The van der Waals surface area contributed by atoms with E-state index in [1.165, 1.54) is 13.3 Å². The fourth-order valence-corrected chi connectivity index (χ4v) is 2.37. The van der Waals surface area contributed by atoms with Gasteiger partial charge in [-0.2, -0.15) is 0 Å². The maximum atomic E-state index is 12.1. The highest BCUT2D eigenvalue weighted by atomic mass is 16.6. The van der Waals surface area contributed by atoms with E-state index in [1.54, 1.807) is 17.1 Å². The Hall–Kier alpha value is -3.09. The summed E-state index contributed by atoms with van der Waals surface area (Å²) in [6, 6.07) is 11.0. The number of carbonyl (C=O) groups excluding carboxylic acids is 2. The van der Waals surface area contributed by atoms with Gasteiger partial charge in [0.15, 0.2) is 0 Å². The minimum atomic E-state index is -0.573. The van der Waals surface area contributed by atoms with E-state index in [0.29, 0.717) is 17.8 Å². The second-order valence-electron chi connectivity index (χ2n) is 6.83. The third-order valence-electron chi connectivity index (χ3n) is 3.58. The average molecular weight is 371 g/mol. The highest BCUT2D eigenvalue weighted by Gasteiger charge is 2.18. The Morgan fingerprint density at radius 1 is 1.19 bits per heavy atom. The first-order valence-electron chi connectivity index (χ1n) is 8.65. The molecule has 0 aliphatic carbocycles. The van der Waals surface area contributed by atoms with Crippen molar-refractivity contribution < 1.29 is 19.1 Å². The molecule has 1 amide bonds. The number of hydrogen-bond donors (Lipinski definition) is 1. The lowest BCUT2D eigenvalue weighted by molar-refractivity contribution is 0.0520. The first kappa shape index (κ1) is 20.2. The molecule has 0 bridgehead atoms. The van der Waals surface area contributed by atoms with Gasteiger partial charge in [0.1, 0.15) is 5.60 Å². The van der Waals surface area contributed by atoms with Gasteiger partial charge in [0, 0.05) is 18.3 Å². The van der Waals surface area contributed by atoms with Gasteiger partial charge in [-0.1, -0.05) is 12.1 Å². The molecule has 2 rings (SSSR count). The molecule has 0 aliphatic heterocycles. The summed E-state index contributed by atoms with van der Waals surface area (Å²) in [4.78, 5) is 27.9. The van der Waals surface area contributed by atoms with Crippen LogP contribution in [0, 0.1) is 0 Å². The lowest BCUT2D eigenvalue weighted by Gasteiger charge is -2.27. The number of nitrogens with zero attached hydrogens (tertiary/aromatic N) is 2. The minimum absolute atomic E-state index is 0.388. The van der Waals surface area contributed by atoms with Crippen LogP contribution in [0.15, 0.2) is 42.6 Å². The number of rotatable bonds is 5. The van der Waals surface area contributed by atoms with Crippen molar-refractivity contribution in [3.05, 3.63) is 48.2 Å². The SMILES string of the molecule is CCN(NC(=O)OC(C)(C)C)c1cccc(-c2ccc(C(=O)OC)cn2)c1. The molecule has 1 N–H and O–H groups in total. The van der Waals surface area contributed by atoms with Crippen LogP contribution < -0.4 is 10.4 Å². The number of amides is 1. The number of hydrazine groups is 1. The molecule has 7 nitrogen and oxygen atoms in total. The van der Waals surface area contributed by atoms with Crippen LogP contribution in [0.5, 0.6) is 0 Å². The van der Waals surface area contributed by atoms with Crippen molar-refractivity contribution in [2.24, 2.45) is 0 Å². The van der Waals surface area contributed by atoms with Gasteiger partial charge in [-0.25, -0.2) is 15.0 Å². The number of pyridine rings is 1. The minimum Gasteiger partial charge on any atom is -0.465 e. The number of ether oxygens (including phenoxy) is 2. The monoisotopic (exact) mass is 371 g/mol. The Morgan fingerprint density at radius 2 is 1.93 bits per heavy atom. The Kier molecular flexibility index (Phi) is 6.39. The molecule has 0 aliphatic rings. The largest absolute Gasteiger partial charge is 0.465 e. The maximum absolute atomic E-state index is 12.1. The summed E-state index contributed by atoms with van der Waals surface area (Å²) in [6.45, 7) is 7.91. The predicted molar refractivity (Wildman–Crippen MR) is 103 cm³/mol. The van der Waals surface area contributed by atoms with Gasteiger partial charge in [0.05, 0.1) is 24.1 Å². The molecule has 2 aromatic rings. The second kappa shape index (κ2) is 8.53. The Balaban J connectivity index is 2.20. The van der Waals surface area contributed by atoms with Gasteiger partial charge in [-0.15, -0.1) is 0 Å². The molecule has 1 aromatic carbocycles. The van der Waals surface area contributed by atoms with E-state index in [-0.39, 0.29) is 0 Å². The van der Waals surface area contributed by atoms with Crippen molar-refractivity contribution in [1.29, 1.82) is 0 Å². The van der Waals surface area contributed by atoms with E-state index in [2.05, 4.69) is 15.1 Å². The van der Waals surface area contributed by atoms with Crippen molar-refractivity contribution in [2.75, 3.05) is 18.7 Å².